The molecule has 2 radical (unpaired) electrons. The van der Waals surface area contributed by atoms with Gasteiger partial charge in [0.25, 0.3) is 0 Å². The van der Waals surface area contributed by atoms with E-state index in [2.05, 4.69) is 4.74 Å². The summed E-state index contributed by atoms with van der Waals surface area (Å²) >= 11 is 0. The van der Waals surface area contributed by atoms with E-state index in [9.17, 15) is 9.59 Å². The first-order valence-corrected chi connectivity index (χ1v) is 6.83. The zero-order valence-electron chi connectivity index (χ0n) is 11.4. The molecule has 5 nitrogen and oxygen atoms in total. The number of carbonyl (C=O) groups excluding carboxylic acids is 2. The van der Waals surface area contributed by atoms with Crippen molar-refractivity contribution in [3.63, 3.8) is 0 Å². The van der Waals surface area contributed by atoms with Crippen molar-refractivity contribution in [2.75, 3.05) is 19.7 Å². The molecule has 0 aromatic rings. The van der Waals surface area contributed by atoms with Crippen molar-refractivity contribution in [1.82, 2.24) is 0 Å². The number of carbonyl (C=O) groups is 2. The largest absolute Gasteiger partial charge is 0.476 e. The Bertz CT molecular complexity index is 235. The molecule has 1 saturated heterocycles. The van der Waals surface area contributed by atoms with Crippen molar-refractivity contribution in [2.24, 2.45) is 0 Å². The third-order valence-corrected chi connectivity index (χ3v) is 2.57. The van der Waals surface area contributed by atoms with Crippen LogP contribution in [0.15, 0.2) is 0 Å². The fourth-order valence-corrected chi connectivity index (χ4v) is 1.53. The Morgan fingerprint density at radius 3 is 2.74 bits per heavy atom. The Morgan fingerprint density at radius 2 is 2.05 bits per heavy atom. The fourth-order valence-electron chi connectivity index (χ4n) is 1.53. The minimum Gasteiger partial charge on any atom is -0.476 e. The zero-order chi connectivity index (χ0) is 14.3. The molecule has 0 bridgehead atoms. The molecule has 0 atom stereocenters. The summed E-state index contributed by atoms with van der Waals surface area (Å²) in [4.78, 5) is 21.1. The number of aliphatic hydroxyl groups is 1. The first-order chi connectivity index (χ1) is 9.20. The van der Waals surface area contributed by atoms with Gasteiger partial charge in [-0.2, -0.15) is 0 Å². The Morgan fingerprint density at radius 1 is 1.26 bits per heavy atom. The maximum Gasteiger partial charge on any atom is 0.305 e. The summed E-state index contributed by atoms with van der Waals surface area (Å²) in [7, 11) is 4.98. The number of aliphatic hydroxyl groups excluding tert-OH is 1. The quantitative estimate of drug-likeness (QED) is 0.447. The standard InChI is InChI=1S/C7H13BO3.C6H10O2/c8-6-11-7(10)4-2-1-3-5-9;7-6-4-2-1-3-5-8-6/h9H,1-6H2;1-5H2. The van der Waals surface area contributed by atoms with Crippen LogP contribution in [0.25, 0.3) is 0 Å². The number of hydrogen-bond donors (Lipinski definition) is 1. The molecule has 0 aromatic heterocycles. The van der Waals surface area contributed by atoms with Gasteiger partial charge in [0, 0.05) is 26.0 Å². The molecule has 1 aliphatic heterocycles. The van der Waals surface area contributed by atoms with Crippen molar-refractivity contribution >= 4 is 19.8 Å². The predicted octanol–water partition coefficient (Wildman–Crippen LogP) is 1.31. The van der Waals surface area contributed by atoms with Crippen LogP contribution in [-0.4, -0.2) is 44.6 Å². The fraction of sp³-hybridized carbons (Fsp3) is 0.846. The summed E-state index contributed by atoms with van der Waals surface area (Å²) in [6.45, 7) is 0.781. The maximum atomic E-state index is 10.6. The molecule has 1 aliphatic rings. The van der Waals surface area contributed by atoms with Gasteiger partial charge in [0.05, 0.1) is 6.61 Å². The highest BCUT2D eigenvalue weighted by molar-refractivity contribution is 6.08. The van der Waals surface area contributed by atoms with E-state index in [0.717, 1.165) is 38.5 Å². The maximum absolute atomic E-state index is 10.6. The average Bonchev–Trinajstić information content (AvgIpc) is 2.64. The molecule has 0 amide bonds. The van der Waals surface area contributed by atoms with Crippen LogP contribution in [0, 0.1) is 0 Å². The van der Waals surface area contributed by atoms with E-state index in [0.29, 0.717) is 19.4 Å². The summed E-state index contributed by atoms with van der Waals surface area (Å²) in [6, 6.07) is 0. The molecule has 1 rings (SSSR count). The first kappa shape index (κ1) is 18.0. The minimum atomic E-state index is -0.259. The van der Waals surface area contributed by atoms with E-state index >= 15 is 0 Å². The lowest BCUT2D eigenvalue weighted by atomic mass is 10.2. The Balaban J connectivity index is 0.000000356. The lowest BCUT2D eigenvalue weighted by molar-refractivity contribution is -0.143. The Kier molecular flexibility index (Phi) is 12.7. The van der Waals surface area contributed by atoms with E-state index in [1.807, 2.05) is 0 Å². The van der Waals surface area contributed by atoms with Crippen LogP contribution in [0.3, 0.4) is 0 Å². The van der Waals surface area contributed by atoms with Crippen LogP contribution in [0.5, 0.6) is 0 Å². The topological polar surface area (TPSA) is 72.8 Å². The van der Waals surface area contributed by atoms with Gasteiger partial charge in [-0.05, 0) is 32.1 Å². The normalized spacial score (nSPS) is 14.7. The molecule has 1 N–H and O–H groups in total. The number of cyclic esters (lactones) is 1. The van der Waals surface area contributed by atoms with Crippen molar-refractivity contribution in [2.45, 2.75) is 51.4 Å². The Hall–Kier alpha value is -1.04. The van der Waals surface area contributed by atoms with Gasteiger partial charge in [-0.25, -0.2) is 0 Å². The van der Waals surface area contributed by atoms with E-state index in [1.165, 1.54) is 0 Å². The molecule has 0 unspecified atom stereocenters. The molecule has 0 spiro atoms. The molecular weight excluding hydrogens is 247 g/mol. The zero-order valence-corrected chi connectivity index (χ0v) is 11.4. The highest BCUT2D eigenvalue weighted by Gasteiger charge is 2.05. The Labute approximate surface area is 116 Å². The highest BCUT2D eigenvalue weighted by Crippen LogP contribution is 2.06. The third kappa shape index (κ3) is 13.2. The third-order valence-electron chi connectivity index (χ3n) is 2.57. The van der Waals surface area contributed by atoms with Crippen LogP contribution in [0.4, 0.5) is 0 Å². The summed E-state index contributed by atoms with van der Waals surface area (Å²) in [6.07, 6.45) is 6.60. The average molecular weight is 270 g/mol. The second-order valence-electron chi connectivity index (χ2n) is 4.25. The van der Waals surface area contributed by atoms with E-state index in [-0.39, 0.29) is 25.1 Å². The summed E-state index contributed by atoms with van der Waals surface area (Å²) < 4.78 is 9.26. The SMILES string of the molecule is O=C1CCCCCO1.[B]COC(=O)CCCCCO. The number of unbranched alkanes of at least 4 members (excludes halogenated alkanes) is 2. The molecule has 1 heterocycles. The smallest absolute Gasteiger partial charge is 0.305 e. The van der Waals surface area contributed by atoms with Crippen molar-refractivity contribution < 1.29 is 24.2 Å². The number of esters is 2. The van der Waals surface area contributed by atoms with Crippen LogP contribution in [0.1, 0.15) is 51.4 Å². The van der Waals surface area contributed by atoms with Gasteiger partial charge in [-0.15, -0.1) is 0 Å². The molecule has 0 aromatic carbocycles. The van der Waals surface area contributed by atoms with Crippen LogP contribution < -0.4 is 0 Å². The summed E-state index contributed by atoms with van der Waals surface area (Å²) in [5, 5.41) is 8.40. The number of hydrogen-bond acceptors (Lipinski definition) is 5. The van der Waals surface area contributed by atoms with Gasteiger partial charge in [0.1, 0.15) is 7.85 Å². The molecule has 19 heavy (non-hydrogen) atoms. The van der Waals surface area contributed by atoms with Gasteiger partial charge in [-0.3, -0.25) is 9.59 Å². The molecular formula is C13H23BO5. The van der Waals surface area contributed by atoms with Crippen molar-refractivity contribution in [3.05, 3.63) is 0 Å². The second-order valence-corrected chi connectivity index (χ2v) is 4.25. The summed E-state index contributed by atoms with van der Waals surface area (Å²) in [5.41, 5.74) is 0. The van der Waals surface area contributed by atoms with Gasteiger partial charge < -0.3 is 14.6 Å². The van der Waals surface area contributed by atoms with E-state index in [1.54, 1.807) is 0 Å². The number of rotatable bonds is 6. The van der Waals surface area contributed by atoms with Crippen LogP contribution in [0.2, 0.25) is 0 Å². The van der Waals surface area contributed by atoms with Crippen molar-refractivity contribution in [1.29, 1.82) is 0 Å². The lowest BCUT2D eigenvalue weighted by Crippen LogP contribution is -2.05. The van der Waals surface area contributed by atoms with Crippen LogP contribution >= 0.6 is 0 Å². The summed E-state index contributed by atoms with van der Waals surface area (Å²) in [5.74, 6) is -0.284. The monoisotopic (exact) mass is 270 g/mol. The van der Waals surface area contributed by atoms with E-state index in [4.69, 9.17) is 17.7 Å². The first-order valence-electron chi connectivity index (χ1n) is 6.83. The molecule has 6 heteroatoms. The van der Waals surface area contributed by atoms with Gasteiger partial charge >= 0.3 is 11.9 Å². The van der Waals surface area contributed by atoms with Gasteiger partial charge in [0.2, 0.25) is 0 Å². The minimum absolute atomic E-state index is 0.0255. The second kappa shape index (κ2) is 13.4. The molecule has 1 fully saturated rings. The van der Waals surface area contributed by atoms with Crippen molar-refractivity contribution in [3.8, 4) is 0 Å². The lowest BCUT2D eigenvalue weighted by Gasteiger charge is -2.00. The molecule has 108 valence electrons. The predicted molar refractivity (Wildman–Crippen MR) is 71.7 cm³/mol. The number of ether oxygens (including phenoxy) is 2. The molecule has 0 saturated carbocycles. The van der Waals surface area contributed by atoms with Gasteiger partial charge in [-0.1, -0.05) is 6.42 Å². The van der Waals surface area contributed by atoms with Crippen LogP contribution in [-0.2, 0) is 19.1 Å². The van der Waals surface area contributed by atoms with Gasteiger partial charge in [0.15, 0.2) is 0 Å². The van der Waals surface area contributed by atoms with E-state index < -0.39 is 0 Å². The molecule has 0 aliphatic carbocycles. The highest BCUT2D eigenvalue weighted by atomic mass is 16.5.